The zero-order valence-corrected chi connectivity index (χ0v) is 18.1. The molecule has 2 unspecified atom stereocenters. The Morgan fingerprint density at radius 3 is 2.55 bits per heavy atom. The number of carboxylic acids is 1. The molecule has 0 saturated carbocycles. The lowest BCUT2D eigenvalue weighted by Crippen LogP contribution is -2.42. The fourth-order valence-corrected chi connectivity index (χ4v) is 3.74. The summed E-state index contributed by atoms with van der Waals surface area (Å²) in [5.74, 6) is -7.93. The highest BCUT2D eigenvalue weighted by molar-refractivity contribution is 6.74. The van der Waals surface area contributed by atoms with Crippen LogP contribution < -0.4 is 0 Å². The van der Waals surface area contributed by atoms with Gasteiger partial charge in [0.1, 0.15) is 17.6 Å². The summed E-state index contributed by atoms with van der Waals surface area (Å²) in [6, 6.07) is 0.761. The highest BCUT2D eigenvalue weighted by Gasteiger charge is 2.46. The zero-order chi connectivity index (χ0) is 22.0. The summed E-state index contributed by atoms with van der Waals surface area (Å²) < 4.78 is 55.1. The van der Waals surface area contributed by atoms with Crippen molar-refractivity contribution >= 4 is 14.3 Å². The van der Waals surface area contributed by atoms with Gasteiger partial charge in [0.15, 0.2) is 14.0 Å². The summed E-state index contributed by atoms with van der Waals surface area (Å²) in [6.45, 7) is 10.1. The normalized spacial score (nSPS) is 22.5. The number of aromatic nitrogens is 1. The van der Waals surface area contributed by atoms with Gasteiger partial charge in [0.05, 0.1) is 19.4 Å². The van der Waals surface area contributed by atoms with E-state index >= 15 is 4.39 Å². The van der Waals surface area contributed by atoms with Crippen LogP contribution in [0.2, 0.25) is 18.1 Å². The van der Waals surface area contributed by atoms with Crippen LogP contribution in [0.1, 0.15) is 42.7 Å². The fraction of sp³-hybridized carbons (Fsp3) is 0.500. The second-order valence-corrected chi connectivity index (χ2v) is 13.2. The minimum absolute atomic E-state index is 0.0495. The Balaban J connectivity index is 2.25. The number of rotatable bonds is 7. The molecule has 1 heterocycles. The number of hydrogen-bond donors (Lipinski definition) is 1. The van der Waals surface area contributed by atoms with Crippen molar-refractivity contribution in [2.24, 2.45) is 0 Å². The van der Waals surface area contributed by atoms with Gasteiger partial charge in [0.25, 0.3) is 0 Å². The third-order valence-electron chi connectivity index (χ3n) is 5.32. The van der Waals surface area contributed by atoms with Gasteiger partial charge < -0.3 is 14.3 Å². The van der Waals surface area contributed by atoms with Crippen molar-refractivity contribution in [3.8, 4) is 0 Å². The van der Waals surface area contributed by atoms with E-state index in [4.69, 9.17) is 9.16 Å². The van der Waals surface area contributed by atoms with Gasteiger partial charge in [-0.15, -0.1) is 0 Å². The van der Waals surface area contributed by atoms with Crippen LogP contribution in [0.25, 0.3) is 0 Å². The molecule has 1 aliphatic carbocycles. The topological polar surface area (TPSA) is 68.7 Å². The lowest BCUT2D eigenvalue weighted by atomic mass is 9.86. The number of ether oxygens (including phenoxy) is 1. The molecule has 1 N–H and O–H groups in total. The molecule has 0 aliphatic heterocycles. The van der Waals surface area contributed by atoms with Crippen LogP contribution in [0, 0.1) is 5.82 Å². The molecule has 2 atom stereocenters. The molecule has 0 spiro atoms. The van der Waals surface area contributed by atoms with Gasteiger partial charge in [-0.3, -0.25) is 0 Å². The number of pyridine rings is 1. The Morgan fingerprint density at radius 1 is 1.31 bits per heavy atom. The first kappa shape index (κ1) is 23.3. The van der Waals surface area contributed by atoms with Crippen LogP contribution in [0.15, 0.2) is 36.3 Å². The maximum Gasteiger partial charge on any atom is 0.354 e. The maximum absolute atomic E-state index is 15.6. The summed E-state index contributed by atoms with van der Waals surface area (Å²) in [6.07, 6.45) is 3.77. The van der Waals surface area contributed by atoms with Crippen LogP contribution in [0.5, 0.6) is 0 Å². The van der Waals surface area contributed by atoms with E-state index in [0.717, 1.165) is 24.3 Å². The minimum atomic E-state index is -2.71. The van der Waals surface area contributed by atoms with E-state index in [1.165, 1.54) is 0 Å². The smallest absolute Gasteiger partial charge is 0.354 e. The lowest BCUT2D eigenvalue weighted by molar-refractivity contribution is -0.128. The summed E-state index contributed by atoms with van der Waals surface area (Å²) in [5, 5.41) is 9.25. The number of aromatic carboxylic acids is 1. The molecule has 1 aromatic rings. The Morgan fingerprint density at radius 2 is 1.97 bits per heavy atom. The Labute approximate surface area is 169 Å². The third kappa shape index (κ3) is 5.15. The van der Waals surface area contributed by atoms with Gasteiger partial charge in [-0.1, -0.05) is 26.8 Å². The molecule has 1 aromatic heterocycles. The summed E-state index contributed by atoms with van der Waals surface area (Å²) >= 11 is 0. The monoisotopic (exact) mass is 429 g/mol. The van der Waals surface area contributed by atoms with Gasteiger partial charge in [0.2, 0.25) is 5.85 Å². The van der Waals surface area contributed by atoms with Gasteiger partial charge in [-0.2, -0.15) is 0 Å². The zero-order valence-electron chi connectivity index (χ0n) is 17.1. The van der Waals surface area contributed by atoms with Gasteiger partial charge in [-0.25, -0.2) is 22.9 Å². The number of nitrogens with zero attached hydrogens (tertiary/aromatic N) is 1. The van der Waals surface area contributed by atoms with Gasteiger partial charge in [0, 0.05) is 5.56 Å². The number of hydrogen-bond acceptors (Lipinski definition) is 4. The first-order chi connectivity index (χ1) is 13.3. The number of carbonyl (C=O) groups is 1. The van der Waals surface area contributed by atoms with Gasteiger partial charge >= 0.3 is 5.97 Å². The molecular formula is C20H26F3NO4Si. The molecule has 9 heteroatoms. The standard InChI is InChI=1S/C20H26F3NO4Si/c1-19(2,3)29(4,5)28-10-9-27-20(23)8-6-7-15(22)16(20)14-11-13(21)12-24-17(14)18(25)26/h6-8,11-12,16H,9-10H2,1-5H3,(H,25,26). The third-order valence-corrected chi connectivity index (χ3v) is 9.86. The average Bonchev–Trinajstić information content (AvgIpc) is 2.57. The quantitative estimate of drug-likeness (QED) is 0.481. The highest BCUT2D eigenvalue weighted by Crippen LogP contribution is 2.44. The van der Waals surface area contributed by atoms with Crippen LogP contribution >= 0.6 is 0 Å². The van der Waals surface area contributed by atoms with Crippen molar-refractivity contribution in [3.63, 3.8) is 0 Å². The second-order valence-electron chi connectivity index (χ2n) is 8.40. The summed E-state index contributed by atoms with van der Waals surface area (Å²) in [5.41, 5.74) is -1.08. The van der Waals surface area contributed by atoms with Crippen molar-refractivity contribution < 1.29 is 32.2 Å². The molecule has 2 rings (SSSR count). The maximum atomic E-state index is 15.6. The molecule has 29 heavy (non-hydrogen) atoms. The number of alkyl halides is 1. The Hall–Kier alpha value is -1.97. The average molecular weight is 430 g/mol. The van der Waals surface area contributed by atoms with Crippen molar-refractivity contribution in [1.29, 1.82) is 0 Å². The largest absolute Gasteiger partial charge is 0.477 e. The van der Waals surface area contributed by atoms with Crippen molar-refractivity contribution in [2.45, 2.75) is 50.7 Å². The highest BCUT2D eigenvalue weighted by atomic mass is 28.4. The number of carboxylic acid groups (broad SMARTS) is 1. The fourth-order valence-electron chi connectivity index (χ4n) is 2.71. The van der Waals surface area contributed by atoms with Gasteiger partial charge in [-0.05, 0) is 36.4 Å². The first-order valence-electron chi connectivity index (χ1n) is 9.19. The predicted octanol–water partition coefficient (Wildman–Crippen LogP) is 5.13. The van der Waals surface area contributed by atoms with Crippen molar-refractivity contribution in [1.82, 2.24) is 4.98 Å². The first-order valence-corrected chi connectivity index (χ1v) is 12.1. The molecule has 0 amide bonds. The second kappa shape index (κ2) is 8.41. The van der Waals surface area contributed by atoms with E-state index < -0.39 is 49.0 Å². The van der Waals surface area contributed by atoms with Crippen LogP contribution in [0.4, 0.5) is 13.2 Å². The SMILES string of the molecule is CC(C)(C)[Si](C)(C)OCCOC1(F)C=CC=C(F)C1c1cc(F)cnc1C(=O)O. The van der Waals surface area contributed by atoms with E-state index in [1.807, 2.05) is 13.1 Å². The van der Waals surface area contributed by atoms with Crippen molar-refractivity contribution in [2.75, 3.05) is 13.2 Å². The summed E-state index contributed by atoms with van der Waals surface area (Å²) in [7, 11) is -2.08. The van der Waals surface area contributed by atoms with E-state index in [2.05, 4.69) is 25.8 Å². The molecular weight excluding hydrogens is 403 g/mol. The molecule has 0 aromatic carbocycles. The van der Waals surface area contributed by atoms with E-state index in [-0.39, 0.29) is 18.3 Å². The Kier molecular flexibility index (Phi) is 6.76. The summed E-state index contributed by atoms with van der Waals surface area (Å²) in [4.78, 5) is 14.9. The van der Waals surface area contributed by atoms with Crippen LogP contribution in [-0.2, 0) is 9.16 Å². The van der Waals surface area contributed by atoms with Crippen LogP contribution in [0.3, 0.4) is 0 Å². The molecule has 5 nitrogen and oxygen atoms in total. The van der Waals surface area contributed by atoms with E-state index in [0.29, 0.717) is 6.20 Å². The minimum Gasteiger partial charge on any atom is -0.477 e. The Bertz CT molecular complexity index is 836. The molecule has 0 radical (unpaired) electrons. The van der Waals surface area contributed by atoms with Crippen LogP contribution in [-0.4, -0.2) is 43.4 Å². The molecule has 0 saturated heterocycles. The molecule has 0 bridgehead atoms. The molecule has 0 fully saturated rings. The predicted molar refractivity (Wildman–Crippen MR) is 105 cm³/mol. The lowest BCUT2D eigenvalue weighted by Gasteiger charge is -2.37. The van der Waals surface area contributed by atoms with E-state index in [9.17, 15) is 18.7 Å². The number of allylic oxidation sites excluding steroid dienone is 2. The molecule has 160 valence electrons. The van der Waals surface area contributed by atoms with E-state index in [1.54, 1.807) is 0 Å². The molecule has 1 aliphatic rings. The van der Waals surface area contributed by atoms with Crippen molar-refractivity contribution in [3.05, 3.63) is 53.4 Å². The number of halogens is 3.